The number of amides is 1. The molecule has 1 saturated carbocycles. The maximum absolute atomic E-state index is 12.1. The van der Waals surface area contributed by atoms with Crippen molar-refractivity contribution in [2.75, 3.05) is 13.1 Å². The lowest BCUT2D eigenvalue weighted by molar-refractivity contribution is -0.188. The van der Waals surface area contributed by atoms with E-state index in [1.165, 1.54) is 6.42 Å². The van der Waals surface area contributed by atoms with Crippen LogP contribution in [0.25, 0.3) is 0 Å². The molecule has 0 aromatic heterocycles. The third-order valence-electron chi connectivity index (χ3n) is 4.44. The fourth-order valence-electron chi connectivity index (χ4n) is 4.98. The van der Waals surface area contributed by atoms with Crippen molar-refractivity contribution in [1.82, 2.24) is 4.90 Å². The van der Waals surface area contributed by atoms with Gasteiger partial charge in [0.1, 0.15) is 0 Å². The van der Waals surface area contributed by atoms with E-state index < -0.39 is 0 Å². The molecule has 4 aliphatic rings. The van der Waals surface area contributed by atoms with Crippen molar-refractivity contribution in [3.05, 3.63) is 0 Å². The van der Waals surface area contributed by atoms with Crippen LogP contribution in [0.4, 0.5) is 0 Å². The first-order chi connectivity index (χ1) is 6.34. The number of hydrogen-bond donors (Lipinski definition) is 0. The number of nitrogens with zero attached hydrogens (tertiary/aromatic N) is 1. The predicted molar refractivity (Wildman–Crippen MR) is 54.8 cm³/mol. The lowest BCUT2D eigenvalue weighted by Gasteiger charge is -2.64. The number of rotatable bonds is 0. The predicted octanol–water partition coefficient (Wildman–Crippen LogP) is 2.04. The molecule has 0 aromatic carbocycles. The molecule has 1 aliphatic carbocycles. The molecular weight excluding hydrogens is 174 g/mol. The van der Waals surface area contributed by atoms with Gasteiger partial charge in [-0.3, -0.25) is 4.79 Å². The second kappa shape index (κ2) is 2.02. The maximum atomic E-state index is 12.1. The summed E-state index contributed by atoms with van der Waals surface area (Å²) < 4.78 is 0. The van der Waals surface area contributed by atoms with Gasteiger partial charge < -0.3 is 4.90 Å². The minimum Gasteiger partial charge on any atom is -0.341 e. The Balaban J connectivity index is 2.10. The molecule has 2 unspecified atom stereocenters. The Morgan fingerprint density at radius 3 is 1.93 bits per heavy atom. The quantitative estimate of drug-likeness (QED) is 0.576. The molecule has 0 radical (unpaired) electrons. The van der Waals surface area contributed by atoms with Crippen molar-refractivity contribution < 1.29 is 4.79 Å². The molecule has 2 atom stereocenters. The van der Waals surface area contributed by atoms with Gasteiger partial charge in [-0.1, -0.05) is 20.8 Å². The maximum Gasteiger partial charge on any atom is 0.228 e. The molecule has 14 heavy (non-hydrogen) atoms. The highest BCUT2D eigenvalue weighted by Gasteiger charge is 2.61. The molecule has 3 saturated heterocycles. The van der Waals surface area contributed by atoms with Crippen molar-refractivity contribution in [3.8, 4) is 0 Å². The summed E-state index contributed by atoms with van der Waals surface area (Å²) in [6.07, 6.45) is 3.55. The second-order valence-electron chi connectivity index (χ2n) is 6.87. The van der Waals surface area contributed by atoms with Gasteiger partial charge >= 0.3 is 0 Å². The van der Waals surface area contributed by atoms with Crippen LogP contribution in [0.5, 0.6) is 0 Å². The smallest absolute Gasteiger partial charge is 0.228 e. The van der Waals surface area contributed by atoms with Gasteiger partial charge in [-0.25, -0.2) is 0 Å². The zero-order valence-electron chi connectivity index (χ0n) is 9.39. The normalized spacial score (nSPS) is 55.6. The van der Waals surface area contributed by atoms with Crippen molar-refractivity contribution >= 4 is 5.91 Å². The minimum atomic E-state index is -0.0295. The van der Waals surface area contributed by atoms with E-state index in [-0.39, 0.29) is 5.41 Å². The molecule has 1 amide bonds. The first-order valence-electron chi connectivity index (χ1n) is 5.64. The lowest BCUT2D eigenvalue weighted by Crippen LogP contribution is -2.68. The monoisotopic (exact) mass is 193 g/mol. The van der Waals surface area contributed by atoms with E-state index in [1.807, 2.05) is 0 Å². The van der Waals surface area contributed by atoms with E-state index in [0.717, 1.165) is 25.9 Å². The Morgan fingerprint density at radius 1 is 1.00 bits per heavy atom. The van der Waals surface area contributed by atoms with Crippen molar-refractivity contribution in [3.63, 3.8) is 0 Å². The first-order valence-corrected chi connectivity index (χ1v) is 5.64. The molecule has 4 bridgehead atoms. The first kappa shape index (κ1) is 8.75. The van der Waals surface area contributed by atoms with Crippen LogP contribution in [0.2, 0.25) is 0 Å². The van der Waals surface area contributed by atoms with Crippen LogP contribution in [-0.2, 0) is 4.79 Å². The summed E-state index contributed by atoms with van der Waals surface area (Å²) in [5.74, 6) is 0.423. The van der Waals surface area contributed by atoms with E-state index in [4.69, 9.17) is 0 Å². The molecule has 2 heteroatoms. The lowest BCUT2D eigenvalue weighted by atomic mass is 9.49. The second-order valence-corrected chi connectivity index (χ2v) is 6.87. The number of hydrogen-bond acceptors (Lipinski definition) is 1. The molecule has 4 rings (SSSR count). The Morgan fingerprint density at radius 2 is 1.50 bits per heavy atom. The largest absolute Gasteiger partial charge is 0.341 e. The zero-order valence-corrected chi connectivity index (χ0v) is 9.39. The summed E-state index contributed by atoms with van der Waals surface area (Å²) in [5.41, 5.74) is 0.792. The Hall–Kier alpha value is -0.530. The highest BCUT2D eigenvalue weighted by atomic mass is 16.2. The average molecular weight is 193 g/mol. The molecule has 2 nitrogen and oxygen atoms in total. The van der Waals surface area contributed by atoms with E-state index in [1.54, 1.807) is 0 Å². The van der Waals surface area contributed by atoms with E-state index in [9.17, 15) is 4.79 Å². The van der Waals surface area contributed by atoms with E-state index in [2.05, 4.69) is 25.7 Å². The van der Waals surface area contributed by atoms with Gasteiger partial charge in [0.15, 0.2) is 0 Å². The van der Waals surface area contributed by atoms with Gasteiger partial charge in [-0.05, 0) is 30.1 Å². The van der Waals surface area contributed by atoms with Gasteiger partial charge in [0.05, 0.1) is 0 Å². The molecule has 3 aliphatic heterocycles. The summed E-state index contributed by atoms with van der Waals surface area (Å²) in [7, 11) is 0. The van der Waals surface area contributed by atoms with Crippen LogP contribution in [0, 0.1) is 16.2 Å². The van der Waals surface area contributed by atoms with E-state index in [0.29, 0.717) is 16.7 Å². The number of carbonyl (C=O) groups excluding carboxylic acids is 1. The minimum absolute atomic E-state index is 0.0295. The fraction of sp³-hybridized carbons (Fsp3) is 0.917. The summed E-state index contributed by atoms with van der Waals surface area (Å²) in [4.78, 5) is 14.2. The summed E-state index contributed by atoms with van der Waals surface area (Å²) >= 11 is 0. The fourth-order valence-corrected chi connectivity index (χ4v) is 4.98. The molecule has 0 aromatic rings. The van der Waals surface area contributed by atoms with E-state index >= 15 is 0 Å². The summed E-state index contributed by atoms with van der Waals surface area (Å²) in [5, 5.41) is 0. The Labute approximate surface area is 85.7 Å². The van der Waals surface area contributed by atoms with Crippen LogP contribution in [0.15, 0.2) is 0 Å². The Kier molecular flexibility index (Phi) is 1.27. The molecule has 78 valence electrons. The van der Waals surface area contributed by atoms with Gasteiger partial charge in [0.25, 0.3) is 0 Å². The molecule has 4 fully saturated rings. The zero-order chi connectivity index (χ0) is 10.2. The van der Waals surface area contributed by atoms with Crippen molar-refractivity contribution in [2.24, 2.45) is 16.2 Å². The van der Waals surface area contributed by atoms with Gasteiger partial charge in [-0.15, -0.1) is 0 Å². The molecule has 3 heterocycles. The van der Waals surface area contributed by atoms with Crippen molar-refractivity contribution in [1.29, 1.82) is 0 Å². The van der Waals surface area contributed by atoms with Gasteiger partial charge in [0.2, 0.25) is 5.91 Å². The van der Waals surface area contributed by atoms with Crippen LogP contribution in [0.3, 0.4) is 0 Å². The Bertz CT molecular complexity index is 304. The van der Waals surface area contributed by atoms with Crippen LogP contribution in [0.1, 0.15) is 40.0 Å². The number of carbonyl (C=O) groups is 1. The van der Waals surface area contributed by atoms with Gasteiger partial charge in [-0.2, -0.15) is 0 Å². The summed E-state index contributed by atoms with van der Waals surface area (Å²) in [6.45, 7) is 8.92. The molecule has 0 N–H and O–H groups in total. The molecular formula is C12H19NO. The third kappa shape index (κ3) is 0.896. The topological polar surface area (TPSA) is 20.3 Å². The van der Waals surface area contributed by atoms with Crippen LogP contribution < -0.4 is 0 Å². The average Bonchev–Trinajstić information content (AvgIpc) is 1.94. The van der Waals surface area contributed by atoms with Gasteiger partial charge in [0, 0.05) is 18.5 Å². The third-order valence-corrected chi connectivity index (χ3v) is 4.44. The SMILES string of the molecule is CC12CN3CC(C)(C1)CC(C)(C2)C3=O. The standard InChI is InChI=1S/C12H19NO/c1-10-4-11(2)6-12(3,5-10)9(14)13(7-10)8-11/h4-8H2,1-3H3. The summed E-state index contributed by atoms with van der Waals surface area (Å²) in [6, 6.07) is 0. The van der Waals surface area contributed by atoms with Crippen LogP contribution in [-0.4, -0.2) is 23.9 Å². The number of piperidine rings is 3. The van der Waals surface area contributed by atoms with Crippen LogP contribution >= 0.6 is 0 Å². The van der Waals surface area contributed by atoms with Crippen molar-refractivity contribution in [2.45, 2.75) is 40.0 Å². The highest BCUT2D eigenvalue weighted by Crippen LogP contribution is 2.61. The molecule has 0 spiro atoms. The highest BCUT2D eigenvalue weighted by molar-refractivity contribution is 5.85.